The van der Waals surface area contributed by atoms with Crippen LogP contribution in [-0.4, -0.2) is 61.6 Å². The zero-order valence-electron chi connectivity index (χ0n) is 19.1. The van der Waals surface area contributed by atoms with Crippen LogP contribution < -0.4 is 5.32 Å². The van der Waals surface area contributed by atoms with Crippen LogP contribution in [0.15, 0.2) is 29.3 Å². The van der Waals surface area contributed by atoms with Gasteiger partial charge in [-0.15, -0.1) is 24.0 Å². The average molecular weight is 543 g/mol. The van der Waals surface area contributed by atoms with Crippen molar-refractivity contribution in [2.45, 2.75) is 58.5 Å². The summed E-state index contributed by atoms with van der Waals surface area (Å²) in [5.74, 6) is 0.882. The SMILES string of the molecule is CCNC(=NCc1ccccc1CN1CCCCCC1)N1CCC(C(=O)OC)CC1.I. The first kappa shape index (κ1) is 25.9. The lowest BCUT2D eigenvalue weighted by atomic mass is 9.97. The Labute approximate surface area is 204 Å². The Balaban J connectivity index is 0.00000341. The number of ether oxygens (including phenoxy) is 1. The molecule has 2 fully saturated rings. The van der Waals surface area contributed by atoms with Crippen molar-refractivity contribution in [1.29, 1.82) is 0 Å². The molecule has 174 valence electrons. The fraction of sp³-hybridized carbons (Fsp3) is 0.667. The lowest BCUT2D eigenvalue weighted by Crippen LogP contribution is -2.46. The largest absolute Gasteiger partial charge is 0.469 e. The molecule has 0 amide bonds. The van der Waals surface area contributed by atoms with Crippen molar-refractivity contribution in [1.82, 2.24) is 15.1 Å². The van der Waals surface area contributed by atoms with Crippen LogP contribution in [-0.2, 0) is 22.6 Å². The zero-order valence-corrected chi connectivity index (χ0v) is 21.5. The molecule has 0 bridgehead atoms. The Morgan fingerprint density at radius 1 is 1.06 bits per heavy atom. The van der Waals surface area contributed by atoms with Gasteiger partial charge in [0.25, 0.3) is 0 Å². The van der Waals surface area contributed by atoms with E-state index >= 15 is 0 Å². The van der Waals surface area contributed by atoms with Gasteiger partial charge in [-0.1, -0.05) is 37.1 Å². The molecule has 2 aliphatic heterocycles. The normalized spacial score (nSPS) is 18.8. The van der Waals surface area contributed by atoms with E-state index in [0.717, 1.165) is 45.0 Å². The quantitative estimate of drug-likeness (QED) is 0.255. The monoisotopic (exact) mass is 542 g/mol. The predicted molar refractivity (Wildman–Crippen MR) is 137 cm³/mol. The maximum absolute atomic E-state index is 11.8. The van der Waals surface area contributed by atoms with E-state index in [9.17, 15) is 4.79 Å². The highest BCUT2D eigenvalue weighted by molar-refractivity contribution is 14.0. The Morgan fingerprint density at radius 3 is 2.32 bits per heavy atom. The van der Waals surface area contributed by atoms with E-state index in [2.05, 4.69) is 46.3 Å². The number of esters is 1. The highest BCUT2D eigenvalue weighted by atomic mass is 127. The van der Waals surface area contributed by atoms with Crippen molar-refractivity contribution < 1.29 is 9.53 Å². The summed E-state index contributed by atoms with van der Waals surface area (Å²) in [5.41, 5.74) is 2.70. The number of benzene rings is 1. The number of carbonyl (C=O) groups excluding carboxylic acids is 1. The molecular formula is C24H39IN4O2. The molecule has 1 aromatic carbocycles. The number of nitrogens with one attached hydrogen (secondary N) is 1. The minimum Gasteiger partial charge on any atom is -0.469 e. The van der Waals surface area contributed by atoms with E-state index in [1.54, 1.807) is 0 Å². The topological polar surface area (TPSA) is 57.2 Å². The van der Waals surface area contributed by atoms with Crippen LogP contribution >= 0.6 is 24.0 Å². The number of rotatable bonds is 6. The van der Waals surface area contributed by atoms with Crippen molar-refractivity contribution in [3.05, 3.63) is 35.4 Å². The van der Waals surface area contributed by atoms with Crippen LogP contribution in [0.4, 0.5) is 0 Å². The Hall–Kier alpha value is -1.35. The number of piperidine rings is 1. The van der Waals surface area contributed by atoms with Crippen LogP contribution in [0, 0.1) is 5.92 Å². The summed E-state index contributed by atoms with van der Waals surface area (Å²) in [6, 6.07) is 8.73. The molecule has 0 saturated carbocycles. The van der Waals surface area contributed by atoms with Crippen molar-refractivity contribution in [3.63, 3.8) is 0 Å². The molecule has 0 unspecified atom stereocenters. The third-order valence-corrected chi connectivity index (χ3v) is 6.27. The number of methoxy groups -OCH3 is 1. The summed E-state index contributed by atoms with van der Waals surface area (Å²) in [5, 5.41) is 3.44. The second-order valence-corrected chi connectivity index (χ2v) is 8.41. The van der Waals surface area contributed by atoms with E-state index in [1.807, 2.05) is 0 Å². The van der Waals surface area contributed by atoms with Crippen LogP contribution in [0.1, 0.15) is 56.6 Å². The fourth-order valence-corrected chi connectivity index (χ4v) is 4.48. The lowest BCUT2D eigenvalue weighted by Gasteiger charge is -2.33. The predicted octanol–water partition coefficient (Wildman–Crippen LogP) is 4.03. The van der Waals surface area contributed by atoms with Crippen molar-refractivity contribution in [2.75, 3.05) is 39.8 Å². The molecule has 31 heavy (non-hydrogen) atoms. The van der Waals surface area contributed by atoms with E-state index in [4.69, 9.17) is 9.73 Å². The number of carbonyl (C=O) groups is 1. The highest BCUT2D eigenvalue weighted by Gasteiger charge is 2.27. The van der Waals surface area contributed by atoms with Gasteiger partial charge in [0.05, 0.1) is 19.6 Å². The molecule has 1 N–H and O–H groups in total. The first-order valence-electron chi connectivity index (χ1n) is 11.6. The molecule has 0 radical (unpaired) electrons. The smallest absolute Gasteiger partial charge is 0.308 e. The summed E-state index contributed by atoms with van der Waals surface area (Å²) < 4.78 is 4.91. The van der Waals surface area contributed by atoms with E-state index < -0.39 is 0 Å². The molecular weight excluding hydrogens is 503 g/mol. The Kier molecular flexibility index (Phi) is 11.6. The van der Waals surface area contributed by atoms with E-state index in [-0.39, 0.29) is 35.9 Å². The minimum atomic E-state index is -0.0842. The molecule has 2 saturated heterocycles. The van der Waals surface area contributed by atoms with Crippen LogP contribution in [0.3, 0.4) is 0 Å². The van der Waals surface area contributed by atoms with Crippen LogP contribution in [0.2, 0.25) is 0 Å². The number of guanidine groups is 1. The third-order valence-electron chi connectivity index (χ3n) is 6.27. The maximum Gasteiger partial charge on any atom is 0.308 e. The first-order chi connectivity index (χ1) is 14.7. The van der Waals surface area contributed by atoms with Gasteiger partial charge >= 0.3 is 5.97 Å². The van der Waals surface area contributed by atoms with Gasteiger partial charge in [0, 0.05) is 26.2 Å². The summed E-state index contributed by atoms with van der Waals surface area (Å²) in [6.07, 6.45) is 6.99. The molecule has 7 heteroatoms. The number of aliphatic imine (C=N–C) groups is 1. The number of hydrogen-bond acceptors (Lipinski definition) is 4. The molecule has 6 nitrogen and oxygen atoms in total. The molecule has 0 aromatic heterocycles. The lowest BCUT2D eigenvalue weighted by molar-refractivity contribution is -0.146. The van der Waals surface area contributed by atoms with Crippen molar-refractivity contribution >= 4 is 35.9 Å². The molecule has 0 aliphatic carbocycles. The fourth-order valence-electron chi connectivity index (χ4n) is 4.48. The number of hydrogen-bond donors (Lipinski definition) is 1. The molecule has 2 aliphatic rings. The molecule has 0 spiro atoms. The van der Waals surface area contributed by atoms with Gasteiger partial charge in [0.15, 0.2) is 5.96 Å². The summed E-state index contributed by atoms with van der Waals surface area (Å²) in [4.78, 5) is 21.7. The third kappa shape index (κ3) is 7.93. The molecule has 0 atom stereocenters. The van der Waals surface area contributed by atoms with Gasteiger partial charge in [-0.2, -0.15) is 0 Å². The van der Waals surface area contributed by atoms with Gasteiger partial charge in [-0.05, 0) is 56.8 Å². The van der Waals surface area contributed by atoms with Gasteiger partial charge in [0.2, 0.25) is 0 Å². The van der Waals surface area contributed by atoms with Gasteiger partial charge < -0.3 is 15.0 Å². The average Bonchev–Trinajstić information content (AvgIpc) is 3.06. The van der Waals surface area contributed by atoms with E-state index in [1.165, 1.54) is 57.0 Å². The zero-order chi connectivity index (χ0) is 21.2. The molecule has 2 heterocycles. The summed E-state index contributed by atoms with van der Waals surface area (Å²) >= 11 is 0. The van der Waals surface area contributed by atoms with Gasteiger partial charge in [-0.25, -0.2) is 4.99 Å². The first-order valence-corrected chi connectivity index (χ1v) is 11.6. The second kappa shape index (κ2) is 13.9. The van der Waals surface area contributed by atoms with Crippen molar-refractivity contribution in [2.24, 2.45) is 10.9 Å². The van der Waals surface area contributed by atoms with Gasteiger partial charge in [-0.3, -0.25) is 9.69 Å². The number of halogens is 1. The Bertz CT molecular complexity index is 697. The molecule has 3 rings (SSSR count). The minimum absolute atomic E-state index is 0. The highest BCUT2D eigenvalue weighted by Crippen LogP contribution is 2.20. The van der Waals surface area contributed by atoms with Crippen LogP contribution in [0.5, 0.6) is 0 Å². The number of likely N-dealkylation sites (tertiary alicyclic amines) is 2. The summed E-state index contributed by atoms with van der Waals surface area (Å²) in [6.45, 7) is 8.72. The van der Waals surface area contributed by atoms with Crippen LogP contribution in [0.25, 0.3) is 0 Å². The van der Waals surface area contributed by atoms with E-state index in [0.29, 0.717) is 6.54 Å². The summed E-state index contributed by atoms with van der Waals surface area (Å²) in [7, 11) is 1.48. The maximum atomic E-state index is 11.8. The number of nitrogens with zero attached hydrogens (tertiary/aromatic N) is 3. The Morgan fingerprint density at radius 2 is 1.71 bits per heavy atom. The van der Waals surface area contributed by atoms with Crippen molar-refractivity contribution in [3.8, 4) is 0 Å². The second-order valence-electron chi connectivity index (χ2n) is 8.41. The standard InChI is InChI=1S/C24H38N4O2.HI/c1-3-25-24(28-16-12-20(13-17-28)23(29)30-2)26-18-21-10-6-7-11-22(21)19-27-14-8-4-5-9-15-27;/h6-7,10-11,20H,3-5,8-9,12-19H2,1-2H3,(H,25,26);1H. The van der Waals surface area contributed by atoms with Gasteiger partial charge in [0.1, 0.15) is 0 Å². The molecule has 1 aromatic rings.